The first kappa shape index (κ1) is 20.2. The molecule has 0 aliphatic rings. The van der Waals surface area contributed by atoms with Gasteiger partial charge in [-0.3, -0.25) is 0 Å². The van der Waals surface area contributed by atoms with Gasteiger partial charge in [-0.1, -0.05) is 29.8 Å². The predicted octanol–water partition coefficient (Wildman–Crippen LogP) is 3.09. The average molecular weight is 378 g/mol. The molecule has 0 aliphatic heterocycles. The van der Waals surface area contributed by atoms with Crippen molar-refractivity contribution in [1.82, 2.24) is 9.29 Å². The molecule has 26 heavy (non-hydrogen) atoms. The lowest BCUT2D eigenvalue weighted by Crippen LogP contribution is -2.24. The summed E-state index contributed by atoms with van der Waals surface area (Å²) in [7, 11) is -3.77. The minimum atomic E-state index is -3.77. The van der Waals surface area contributed by atoms with Crippen molar-refractivity contribution in [2.45, 2.75) is 52.6 Å². The standard InChI is InChI=1S/C19H26N2O4S/c1-6-21-15(5)18(14(4)17(21)19(22)25-7-2)26(23,24)20-12-16-10-8-13(3)9-11-16/h8-11,20H,6-7,12H2,1-5H3. The summed E-state index contributed by atoms with van der Waals surface area (Å²) in [6, 6.07) is 7.65. The number of esters is 1. The van der Waals surface area contributed by atoms with Crippen molar-refractivity contribution in [2.75, 3.05) is 6.61 Å². The summed E-state index contributed by atoms with van der Waals surface area (Å²) in [5, 5.41) is 0. The molecule has 1 aromatic carbocycles. The normalized spacial score (nSPS) is 11.6. The topological polar surface area (TPSA) is 77.4 Å². The van der Waals surface area contributed by atoms with Crippen LogP contribution in [0.15, 0.2) is 29.2 Å². The van der Waals surface area contributed by atoms with Gasteiger partial charge in [-0.25, -0.2) is 17.9 Å². The third-order valence-corrected chi connectivity index (χ3v) is 6.00. The Balaban J connectivity index is 2.39. The van der Waals surface area contributed by atoms with Gasteiger partial charge in [-0.2, -0.15) is 0 Å². The fourth-order valence-electron chi connectivity index (χ4n) is 3.08. The minimum Gasteiger partial charge on any atom is -0.461 e. The molecule has 0 bridgehead atoms. The van der Waals surface area contributed by atoms with Crippen LogP contribution >= 0.6 is 0 Å². The smallest absolute Gasteiger partial charge is 0.355 e. The highest BCUT2D eigenvalue weighted by atomic mass is 32.2. The van der Waals surface area contributed by atoms with Gasteiger partial charge in [-0.15, -0.1) is 0 Å². The number of ether oxygens (including phenoxy) is 1. The second-order valence-corrected chi connectivity index (χ2v) is 7.87. The highest BCUT2D eigenvalue weighted by Gasteiger charge is 2.30. The molecule has 0 amide bonds. The monoisotopic (exact) mass is 378 g/mol. The van der Waals surface area contributed by atoms with E-state index in [0.717, 1.165) is 11.1 Å². The number of hydrogen-bond acceptors (Lipinski definition) is 4. The van der Waals surface area contributed by atoms with Crippen LogP contribution in [0.4, 0.5) is 0 Å². The van der Waals surface area contributed by atoms with E-state index < -0.39 is 16.0 Å². The minimum absolute atomic E-state index is 0.148. The summed E-state index contributed by atoms with van der Waals surface area (Å²) in [6.07, 6.45) is 0. The van der Waals surface area contributed by atoms with E-state index in [-0.39, 0.29) is 18.0 Å². The van der Waals surface area contributed by atoms with Crippen LogP contribution in [-0.2, 0) is 27.8 Å². The van der Waals surface area contributed by atoms with E-state index in [0.29, 0.717) is 23.5 Å². The maximum atomic E-state index is 12.9. The van der Waals surface area contributed by atoms with Crippen LogP contribution in [0.5, 0.6) is 0 Å². The fourth-order valence-corrected chi connectivity index (χ4v) is 4.58. The molecule has 0 unspecified atom stereocenters. The summed E-state index contributed by atoms with van der Waals surface area (Å²) in [5.74, 6) is -0.505. The van der Waals surface area contributed by atoms with Crippen LogP contribution in [0, 0.1) is 20.8 Å². The Bertz CT molecular complexity index is 897. The van der Waals surface area contributed by atoms with E-state index in [1.165, 1.54) is 0 Å². The highest BCUT2D eigenvalue weighted by Crippen LogP contribution is 2.27. The number of sulfonamides is 1. The predicted molar refractivity (Wildman–Crippen MR) is 101 cm³/mol. The van der Waals surface area contributed by atoms with Crippen molar-refractivity contribution in [3.63, 3.8) is 0 Å². The first-order valence-corrected chi connectivity index (χ1v) is 10.1. The Kier molecular flexibility index (Phi) is 6.26. The second-order valence-electron chi connectivity index (χ2n) is 6.16. The number of aromatic nitrogens is 1. The number of carbonyl (C=O) groups is 1. The second kappa shape index (κ2) is 8.05. The number of nitrogens with one attached hydrogen (secondary N) is 1. The zero-order valence-electron chi connectivity index (χ0n) is 15.9. The number of aryl methyl sites for hydroxylation is 1. The van der Waals surface area contributed by atoms with Crippen molar-refractivity contribution < 1.29 is 17.9 Å². The van der Waals surface area contributed by atoms with Gasteiger partial charge < -0.3 is 9.30 Å². The first-order valence-electron chi connectivity index (χ1n) is 8.64. The molecule has 2 rings (SSSR count). The summed E-state index contributed by atoms with van der Waals surface area (Å²) in [6.45, 7) is 9.82. The van der Waals surface area contributed by atoms with Crippen molar-refractivity contribution in [2.24, 2.45) is 0 Å². The van der Waals surface area contributed by atoms with Crippen LogP contribution in [0.25, 0.3) is 0 Å². The average Bonchev–Trinajstić information content (AvgIpc) is 2.85. The largest absolute Gasteiger partial charge is 0.461 e. The molecule has 1 heterocycles. The molecule has 6 nitrogen and oxygen atoms in total. The molecule has 7 heteroatoms. The van der Waals surface area contributed by atoms with Crippen LogP contribution < -0.4 is 4.72 Å². The number of rotatable bonds is 7. The molecular formula is C19H26N2O4S. The Morgan fingerprint density at radius 2 is 1.73 bits per heavy atom. The molecule has 1 aromatic heterocycles. The summed E-state index contributed by atoms with van der Waals surface area (Å²) >= 11 is 0. The van der Waals surface area contributed by atoms with Gasteiger partial charge >= 0.3 is 5.97 Å². The van der Waals surface area contributed by atoms with E-state index in [1.807, 2.05) is 38.1 Å². The van der Waals surface area contributed by atoms with Gasteiger partial charge in [-0.05, 0) is 40.2 Å². The third kappa shape index (κ3) is 3.99. The lowest BCUT2D eigenvalue weighted by Gasteiger charge is -2.09. The highest BCUT2D eigenvalue weighted by molar-refractivity contribution is 7.89. The molecule has 0 saturated carbocycles. The molecule has 0 radical (unpaired) electrons. The van der Waals surface area contributed by atoms with Crippen molar-refractivity contribution in [1.29, 1.82) is 0 Å². The Hall–Kier alpha value is -2.12. The zero-order chi connectivity index (χ0) is 19.5. The molecule has 2 aromatic rings. The van der Waals surface area contributed by atoms with Crippen LogP contribution in [0.1, 0.15) is 46.7 Å². The number of benzene rings is 1. The summed E-state index contributed by atoms with van der Waals surface area (Å²) in [4.78, 5) is 12.4. The van der Waals surface area contributed by atoms with Crippen molar-refractivity contribution >= 4 is 16.0 Å². The summed E-state index contributed by atoms with van der Waals surface area (Å²) < 4.78 is 35.2. The maximum Gasteiger partial charge on any atom is 0.355 e. The first-order chi connectivity index (χ1) is 12.2. The van der Waals surface area contributed by atoms with Gasteiger partial charge in [0.05, 0.1) is 6.61 Å². The Morgan fingerprint density at radius 3 is 2.27 bits per heavy atom. The SMILES string of the molecule is CCOC(=O)c1c(C)c(S(=O)(=O)NCc2ccc(C)cc2)c(C)n1CC. The van der Waals surface area contributed by atoms with Gasteiger partial charge in [0.25, 0.3) is 0 Å². The molecule has 142 valence electrons. The van der Waals surface area contributed by atoms with E-state index in [4.69, 9.17) is 4.74 Å². The van der Waals surface area contributed by atoms with E-state index in [2.05, 4.69) is 4.72 Å². The Labute approximate surface area is 155 Å². The lowest BCUT2D eigenvalue weighted by atomic mass is 10.2. The fraction of sp³-hybridized carbons (Fsp3) is 0.421. The maximum absolute atomic E-state index is 12.9. The van der Waals surface area contributed by atoms with Crippen molar-refractivity contribution in [3.05, 3.63) is 52.3 Å². The molecule has 0 aliphatic carbocycles. The van der Waals surface area contributed by atoms with Gasteiger partial charge in [0, 0.05) is 24.3 Å². The third-order valence-electron chi connectivity index (χ3n) is 4.34. The van der Waals surface area contributed by atoms with E-state index in [1.54, 1.807) is 25.3 Å². The Morgan fingerprint density at radius 1 is 1.12 bits per heavy atom. The molecule has 0 fully saturated rings. The molecular weight excluding hydrogens is 352 g/mol. The molecule has 0 saturated heterocycles. The van der Waals surface area contributed by atoms with Crippen LogP contribution in [-0.4, -0.2) is 25.6 Å². The lowest BCUT2D eigenvalue weighted by molar-refractivity contribution is 0.0512. The quantitative estimate of drug-likeness (QED) is 0.751. The van der Waals surface area contributed by atoms with Crippen LogP contribution in [0.3, 0.4) is 0 Å². The number of carbonyl (C=O) groups excluding carboxylic acids is 1. The molecule has 0 spiro atoms. The van der Waals surface area contributed by atoms with E-state index >= 15 is 0 Å². The zero-order valence-corrected chi connectivity index (χ0v) is 16.7. The van der Waals surface area contributed by atoms with Crippen molar-refractivity contribution in [3.8, 4) is 0 Å². The summed E-state index contributed by atoms with van der Waals surface area (Å²) in [5.41, 5.74) is 3.23. The van der Waals surface area contributed by atoms with Gasteiger partial charge in [0.15, 0.2) is 0 Å². The van der Waals surface area contributed by atoms with Gasteiger partial charge in [0.2, 0.25) is 10.0 Å². The van der Waals surface area contributed by atoms with Gasteiger partial charge in [0.1, 0.15) is 10.6 Å². The number of nitrogens with zero attached hydrogens (tertiary/aromatic N) is 1. The molecule has 1 N–H and O–H groups in total. The molecule has 0 atom stereocenters. The van der Waals surface area contributed by atoms with Crippen LogP contribution in [0.2, 0.25) is 0 Å². The van der Waals surface area contributed by atoms with E-state index in [9.17, 15) is 13.2 Å². The number of hydrogen-bond donors (Lipinski definition) is 1.